The first-order chi connectivity index (χ1) is 12.4. The summed E-state index contributed by atoms with van der Waals surface area (Å²) in [4.78, 5) is 24.0. The second-order valence-corrected chi connectivity index (χ2v) is 6.05. The zero-order chi connectivity index (χ0) is 19.1. The number of carbonyl (C=O) groups is 2. The Morgan fingerprint density at radius 1 is 1.19 bits per heavy atom. The zero-order valence-corrected chi connectivity index (χ0v) is 14.9. The fourth-order valence-electron chi connectivity index (χ4n) is 2.23. The number of amides is 2. The Balaban J connectivity index is 2.10. The molecule has 0 unspecified atom stereocenters. The van der Waals surface area contributed by atoms with Crippen molar-refractivity contribution >= 4 is 34.8 Å². The van der Waals surface area contributed by atoms with E-state index in [1.807, 2.05) is 6.92 Å². The molecule has 0 aliphatic rings. The molecule has 0 radical (unpaired) electrons. The molecule has 7 heteroatoms. The molecular weight excluding hydrogens is 357 g/mol. The first-order valence-electron chi connectivity index (χ1n) is 8.04. The molecule has 0 spiro atoms. The van der Waals surface area contributed by atoms with Gasteiger partial charge in [0.05, 0.1) is 22.3 Å². The molecule has 26 heavy (non-hydrogen) atoms. The van der Waals surface area contributed by atoms with Gasteiger partial charge in [-0.2, -0.15) is 5.26 Å². The summed E-state index contributed by atoms with van der Waals surface area (Å²) in [6.07, 6.45) is 2.11. The molecule has 0 saturated carbocycles. The summed E-state index contributed by atoms with van der Waals surface area (Å²) in [5.41, 5.74) is 0.908. The van der Waals surface area contributed by atoms with Gasteiger partial charge < -0.3 is 10.6 Å². The number of benzene rings is 2. The highest BCUT2D eigenvalue weighted by atomic mass is 35.5. The van der Waals surface area contributed by atoms with Crippen molar-refractivity contribution in [2.75, 3.05) is 10.6 Å². The molecule has 0 fully saturated rings. The van der Waals surface area contributed by atoms with Gasteiger partial charge >= 0.3 is 0 Å². The Hall–Kier alpha value is -2.91. The first kappa shape index (κ1) is 19.4. The predicted octanol–water partition coefficient (Wildman–Crippen LogP) is 4.73. The molecule has 2 amide bonds. The highest BCUT2D eigenvalue weighted by molar-refractivity contribution is 6.34. The zero-order valence-electron chi connectivity index (χ0n) is 14.1. The van der Waals surface area contributed by atoms with E-state index in [9.17, 15) is 14.0 Å². The molecule has 2 rings (SSSR count). The van der Waals surface area contributed by atoms with Gasteiger partial charge in [0.1, 0.15) is 5.82 Å². The summed E-state index contributed by atoms with van der Waals surface area (Å²) in [5, 5.41) is 14.4. The molecule has 0 bridgehead atoms. The van der Waals surface area contributed by atoms with Gasteiger partial charge in [-0.1, -0.05) is 24.9 Å². The van der Waals surface area contributed by atoms with Crippen molar-refractivity contribution in [3.05, 3.63) is 58.4 Å². The minimum atomic E-state index is -0.669. The molecule has 0 heterocycles. The van der Waals surface area contributed by atoms with Crippen molar-refractivity contribution in [2.45, 2.75) is 26.2 Å². The molecule has 5 nitrogen and oxygen atoms in total. The van der Waals surface area contributed by atoms with Crippen LogP contribution in [0.3, 0.4) is 0 Å². The van der Waals surface area contributed by atoms with Gasteiger partial charge in [0.15, 0.2) is 0 Å². The highest BCUT2D eigenvalue weighted by Gasteiger charge is 2.11. The van der Waals surface area contributed by atoms with Crippen molar-refractivity contribution in [1.82, 2.24) is 0 Å². The summed E-state index contributed by atoms with van der Waals surface area (Å²) in [7, 11) is 0. The molecule has 2 N–H and O–H groups in total. The largest absolute Gasteiger partial charge is 0.325 e. The van der Waals surface area contributed by atoms with E-state index in [-0.39, 0.29) is 22.1 Å². The molecule has 2 aromatic carbocycles. The normalized spacial score (nSPS) is 10.1. The molecular formula is C19H17ClFN3O2. The van der Waals surface area contributed by atoms with Crippen LogP contribution in [0.25, 0.3) is 0 Å². The SMILES string of the molecule is CCCCC(=O)Nc1ccc(NC(=O)c2cc(F)cc(C#N)c2)cc1Cl. The van der Waals surface area contributed by atoms with Gasteiger partial charge in [-0.15, -0.1) is 0 Å². The van der Waals surface area contributed by atoms with Gasteiger partial charge in [-0.05, 0) is 42.8 Å². The lowest BCUT2D eigenvalue weighted by Gasteiger charge is -2.10. The maximum absolute atomic E-state index is 13.4. The van der Waals surface area contributed by atoms with Gasteiger partial charge in [-0.3, -0.25) is 9.59 Å². The Kier molecular flexibility index (Phi) is 6.70. The van der Waals surface area contributed by atoms with E-state index in [2.05, 4.69) is 10.6 Å². The van der Waals surface area contributed by atoms with Gasteiger partial charge in [0, 0.05) is 17.7 Å². The van der Waals surface area contributed by atoms with E-state index < -0.39 is 11.7 Å². The van der Waals surface area contributed by atoms with Crippen LogP contribution < -0.4 is 10.6 Å². The van der Waals surface area contributed by atoms with Crippen molar-refractivity contribution in [1.29, 1.82) is 5.26 Å². The van der Waals surface area contributed by atoms with Crippen molar-refractivity contribution < 1.29 is 14.0 Å². The van der Waals surface area contributed by atoms with Crippen LogP contribution in [0, 0.1) is 17.1 Å². The van der Waals surface area contributed by atoms with E-state index in [1.165, 1.54) is 12.1 Å². The van der Waals surface area contributed by atoms with E-state index in [0.29, 0.717) is 17.8 Å². The molecule has 134 valence electrons. The number of halogens is 2. The van der Waals surface area contributed by atoms with Crippen molar-refractivity contribution in [3.63, 3.8) is 0 Å². The quantitative estimate of drug-likeness (QED) is 0.767. The van der Waals surface area contributed by atoms with Crippen LogP contribution in [0.5, 0.6) is 0 Å². The summed E-state index contributed by atoms with van der Waals surface area (Å²) in [5.74, 6) is -1.37. The number of rotatable bonds is 6. The van der Waals surface area contributed by atoms with Gasteiger partial charge in [-0.25, -0.2) is 4.39 Å². The molecule has 0 atom stereocenters. The van der Waals surface area contributed by atoms with Crippen LogP contribution in [0.2, 0.25) is 5.02 Å². The fourth-order valence-corrected chi connectivity index (χ4v) is 2.46. The monoisotopic (exact) mass is 373 g/mol. The predicted molar refractivity (Wildman–Crippen MR) is 98.7 cm³/mol. The first-order valence-corrected chi connectivity index (χ1v) is 8.42. The lowest BCUT2D eigenvalue weighted by Crippen LogP contribution is -2.13. The molecule has 0 aliphatic heterocycles. The third-order valence-corrected chi connectivity index (χ3v) is 3.86. The van der Waals surface area contributed by atoms with Crippen molar-refractivity contribution in [2.24, 2.45) is 0 Å². The van der Waals surface area contributed by atoms with Crippen molar-refractivity contribution in [3.8, 4) is 6.07 Å². The summed E-state index contributed by atoms with van der Waals surface area (Å²) >= 11 is 6.14. The summed E-state index contributed by atoms with van der Waals surface area (Å²) in [6, 6.07) is 9.81. The fraction of sp³-hybridized carbons (Fsp3) is 0.211. The molecule has 0 aliphatic carbocycles. The number of nitriles is 1. The van der Waals surface area contributed by atoms with Crippen LogP contribution in [-0.4, -0.2) is 11.8 Å². The Morgan fingerprint density at radius 2 is 1.96 bits per heavy atom. The average molecular weight is 374 g/mol. The van der Waals surface area contributed by atoms with E-state index in [4.69, 9.17) is 16.9 Å². The maximum Gasteiger partial charge on any atom is 0.255 e. The Bertz CT molecular complexity index is 878. The number of nitrogens with zero attached hydrogens (tertiary/aromatic N) is 1. The standard InChI is InChI=1S/C19H17ClFN3O2/c1-2-3-4-18(25)24-17-6-5-15(10-16(17)20)23-19(26)13-7-12(11-22)8-14(21)9-13/h5-10H,2-4H2,1H3,(H,23,26)(H,24,25). The molecule has 0 aromatic heterocycles. The third kappa shape index (κ3) is 5.30. The minimum absolute atomic E-state index is 0.0228. The van der Waals surface area contributed by atoms with E-state index in [0.717, 1.165) is 25.0 Å². The highest BCUT2D eigenvalue weighted by Crippen LogP contribution is 2.26. The Labute approximate surface area is 155 Å². The number of unbranched alkanes of at least 4 members (excludes halogenated alkanes) is 1. The van der Waals surface area contributed by atoms with Crippen LogP contribution in [0.4, 0.5) is 15.8 Å². The van der Waals surface area contributed by atoms with E-state index >= 15 is 0 Å². The van der Waals surface area contributed by atoms with Crippen LogP contribution in [0.15, 0.2) is 36.4 Å². The lowest BCUT2D eigenvalue weighted by molar-refractivity contribution is -0.116. The van der Waals surface area contributed by atoms with E-state index in [1.54, 1.807) is 18.2 Å². The van der Waals surface area contributed by atoms with Gasteiger partial charge in [0.25, 0.3) is 5.91 Å². The second-order valence-electron chi connectivity index (χ2n) is 5.64. The molecule has 2 aromatic rings. The minimum Gasteiger partial charge on any atom is -0.325 e. The Morgan fingerprint density at radius 3 is 2.62 bits per heavy atom. The van der Waals surface area contributed by atoms with Crippen LogP contribution >= 0.6 is 11.6 Å². The second kappa shape index (κ2) is 8.97. The topological polar surface area (TPSA) is 82.0 Å². The number of hydrogen-bond acceptors (Lipinski definition) is 3. The number of carbonyl (C=O) groups excluding carboxylic acids is 2. The number of hydrogen-bond donors (Lipinski definition) is 2. The third-order valence-electron chi connectivity index (χ3n) is 3.55. The average Bonchev–Trinajstić information content (AvgIpc) is 2.61. The summed E-state index contributed by atoms with van der Waals surface area (Å²) < 4.78 is 13.4. The van der Waals surface area contributed by atoms with Crippen LogP contribution in [-0.2, 0) is 4.79 Å². The smallest absolute Gasteiger partial charge is 0.255 e. The summed E-state index contributed by atoms with van der Waals surface area (Å²) in [6.45, 7) is 2.00. The number of anilines is 2. The lowest BCUT2D eigenvalue weighted by atomic mass is 10.1. The van der Waals surface area contributed by atoms with Gasteiger partial charge in [0.2, 0.25) is 5.91 Å². The number of nitrogens with one attached hydrogen (secondary N) is 2. The maximum atomic E-state index is 13.4. The van der Waals surface area contributed by atoms with Crippen LogP contribution in [0.1, 0.15) is 42.1 Å². The molecule has 0 saturated heterocycles.